The van der Waals surface area contributed by atoms with Crippen LogP contribution in [0.5, 0.6) is 0 Å². The molecule has 1 unspecified atom stereocenters. The lowest BCUT2D eigenvalue weighted by molar-refractivity contribution is 0.0922. The molecule has 8 nitrogen and oxygen atoms in total. The van der Waals surface area contributed by atoms with Crippen LogP contribution in [0.25, 0.3) is 16.9 Å². The summed E-state index contributed by atoms with van der Waals surface area (Å²) in [6.07, 6.45) is 3.52. The molecule has 0 radical (unpaired) electrons. The standard InChI is InChI=1S/C27H27Cl2N7O/c1-19(18-34-12-14-35(15-13-34)27-30-10-3-11-31-27)32-26(37)24-17-25(20-6-8-21(28)9-7-20)36(33-24)23-5-2-4-22(29)16-23/h2-11,16-17,19H,12-15,18H2,1H3,(H,32,37). The maximum absolute atomic E-state index is 13.2. The molecule has 37 heavy (non-hydrogen) atoms. The SMILES string of the molecule is CC(CN1CCN(c2ncccn2)CC1)NC(=O)c1cc(-c2ccc(Cl)cc2)n(-c2cccc(Cl)c2)n1. The first-order valence-electron chi connectivity index (χ1n) is 12.1. The smallest absolute Gasteiger partial charge is 0.272 e. The highest BCUT2D eigenvalue weighted by atomic mass is 35.5. The molecular weight excluding hydrogens is 509 g/mol. The average molecular weight is 536 g/mol. The molecule has 2 aromatic carbocycles. The quantitative estimate of drug-likeness (QED) is 0.373. The van der Waals surface area contributed by atoms with E-state index in [4.69, 9.17) is 23.2 Å². The maximum Gasteiger partial charge on any atom is 0.272 e. The number of benzene rings is 2. The minimum absolute atomic E-state index is 0.0534. The Hall–Kier alpha value is -3.46. The lowest BCUT2D eigenvalue weighted by atomic mass is 10.1. The van der Waals surface area contributed by atoms with E-state index in [-0.39, 0.29) is 11.9 Å². The summed E-state index contributed by atoms with van der Waals surface area (Å²) in [5.41, 5.74) is 2.77. The van der Waals surface area contributed by atoms with Gasteiger partial charge in [-0.05, 0) is 49.4 Å². The molecule has 0 saturated carbocycles. The van der Waals surface area contributed by atoms with Crippen molar-refractivity contribution < 1.29 is 4.79 Å². The molecule has 190 valence electrons. The molecule has 0 aliphatic carbocycles. The van der Waals surface area contributed by atoms with E-state index >= 15 is 0 Å². The van der Waals surface area contributed by atoms with E-state index in [1.807, 2.05) is 55.5 Å². The van der Waals surface area contributed by atoms with Crippen LogP contribution >= 0.6 is 23.2 Å². The molecule has 1 amide bonds. The first-order chi connectivity index (χ1) is 18.0. The number of anilines is 1. The van der Waals surface area contributed by atoms with Gasteiger partial charge in [-0.1, -0.05) is 41.4 Å². The fourth-order valence-electron chi connectivity index (χ4n) is 4.44. The molecule has 1 N–H and O–H groups in total. The van der Waals surface area contributed by atoms with Gasteiger partial charge in [0.05, 0.1) is 11.4 Å². The lowest BCUT2D eigenvalue weighted by Crippen LogP contribution is -2.51. The summed E-state index contributed by atoms with van der Waals surface area (Å²) >= 11 is 12.3. The zero-order chi connectivity index (χ0) is 25.8. The summed E-state index contributed by atoms with van der Waals surface area (Å²) in [4.78, 5) is 26.4. The van der Waals surface area contributed by atoms with Gasteiger partial charge in [0, 0.05) is 66.8 Å². The predicted octanol–water partition coefficient (Wildman–Crippen LogP) is 4.58. The number of amides is 1. The van der Waals surface area contributed by atoms with Gasteiger partial charge in [0.1, 0.15) is 0 Å². The second-order valence-electron chi connectivity index (χ2n) is 9.02. The van der Waals surface area contributed by atoms with Crippen molar-refractivity contribution >= 4 is 35.1 Å². The van der Waals surface area contributed by atoms with Crippen molar-refractivity contribution in [2.75, 3.05) is 37.6 Å². The van der Waals surface area contributed by atoms with Gasteiger partial charge in [-0.2, -0.15) is 5.10 Å². The average Bonchev–Trinajstić information content (AvgIpc) is 3.36. The van der Waals surface area contributed by atoms with Crippen molar-refractivity contribution in [2.45, 2.75) is 13.0 Å². The van der Waals surface area contributed by atoms with Gasteiger partial charge in [-0.15, -0.1) is 0 Å². The Morgan fingerprint density at radius 3 is 2.38 bits per heavy atom. The largest absolute Gasteiger partial charge is 0.347 e. The molecule has 1 atom stereocenters. The third-order valence-electron chi connectivity index (χ3n) is 6.25. The molecule has 1 fully saturated rings. The minimum atomic E-state index is -0.222. The van der Waals surface area contributed by atoms with Gasteiger partial charge < -0.3 is 10.2 Å². The Labute approximate surface area is 225 Å². The molecule has 0 spiro atoms. The number of piperazine rings is 1. The number of aromatic nitrogens is 4. The second-order valence-corrected chi connectivity index (χ2v) is 9.90. The van der Waals surface area contributed by atoms with Gasteiger partial charge in [0.25, 0.3) is 5.91 Å². The zero-order valence-corrected chi connectivity index (χ0v) is 21.9. The molecule has 1 aliphatic rings. The Kier molecular flexibility index (Phi) is 7.69. The number of hydrogen-bond acceptors (Lipinski definition) is 6. The number of carbonyl (C=O) groups is 1. The summed E-state index contributed by atoms with van der Waals surface area (Å²) in [7, 11) is 0. The van der Waals surface area contributed by atoms with Crippen LogP contribution in [0, 0.1) is 0 Å². The predicted molar refractivity (Wildman–Crippen MR) is 147 cm³/mol. The van der Waals surface area contributed by atoms with Gasteiger partial charge in [0.15, 0.2) is 5.69 Å². The van der Waals surface area contributed by atoms with E-state index in [1.54, 1.807) is 29.2 Å². The van der Waals surface area contributed by atoms with Crippen molar-refractivity contribution in [3.8, 4) is 16.9 Å². The van der Waals surface area contributed by atoms with Crippen molar-refractivity contribution in [3.05, 3.63) is 88.8 Å². The minimum Gasteiger partial charge on any atom is -0.347 e. The third kappa shape index (κ3) is 6.10. The van der Waals surface area contributed by atoms with Crippen LogP contribution in [-0.4, -0.2) is 69.3 Å². The maximum atomic E-state index is 13.2. The van der Waals surface area contributed by atoms with Crippen molar-refractivity contribution in [2.24, 2.45) is 0 Å². The fraction of sp³-hybridized carbons (Fsp3) is 0.259. The van der Waals surface area contributed by atoms with E-state index in [2.05, 4.69) is 30.2 Å². The van der Waals surface area contributed by atoms with E-state index in [0.29, 0.717) is 15.7 Å². The first-order valence-corrected chi connectivity index (χ1v) is 12.9. The number of nitrogens with zero attached hydrogens (tertiary/aromatic N) is 6. The second kappa shape index (κ2) is 11.3. The van der Waals surface area contributed by atoms with Crippen LogP contribution < -0.4 is 10.2 Å². The van der Waals surface area contributed by atoms with E-state index < -0.39 is 0 Å². The van der Waals surface area contributed by atoms with Gasteiger partial charge in [0.2, 0.25) is 5.95 Å². The van der Waals surface area contributed by atoms with Crippen LogP contribution in [-0.2, 0) is 0 Å². The Morgan fingerprint density at radius 2 is 1.68 bits per heavy atom. The Morgan fingerprint density at radius 1 is 0.946 bits per heavy atom. The summed E-state index contributed by atoms with van der Waals surface area (Å²) < 4.78 is 1.74. The lowest BCUT2D eigenvalue weighted by Gasteiger charge is -2.35. The molecule has 1 aliphatic heterocycles. The number of halogens is 2. The Balaban J connectivity index is 1.27. The third-order valence-corrected chi connectivity index (χ3v) is 6.74. The van der Waals surface area contributed by atoms with Crippen molar-refractivity contribution in [1.29, 1.82) is 0 Å². The topological polar surface area (TPSA) is 79.2 Å². The van der Waals surface area contributed by atoms with Gasteiger partial charge in [-0.25, -0.2) is 14.6 Å². The summed E-state index contributed by atoms with van der Waals surface area (Å²) in [5, 5.41) is 8.98. The van der Waals surface area contributed by atoms with E-state index in [0.717, 1.165) is 55.6 Å². The van der Waals surface area contributed by atoms with Crippen LogP contribution in [0.15, 0.2) is 73.1 Å². The van der Waals surface area contributed by atoms with Gasteiger partial charge in [-0.3, -0.25) is 9.69 Å². The first kappa shape index (κ1) is 25.2. The Bertz CT molecular complexity index is 1350. The monoisotopic (exact) mass is 535 g/mol. The number of nitrogens with one attached hydrogen (secondary N) is 1. The highest BCUT2D eigenvalue weighted by Gasteiger charge is 2.22. The van der Waals surface area contributed by atoms with Crippen LogP contribution in [0.2, 0.25) is 10.0 Å². The molecule has 5 rings (SSSR count). The summed E-state index contributed by atoms with van der Waals surface area (Å²) in [6.45, 7) is 6.20. The van der Waals surface area contributed by atoms with E-state index in [1.165, 1.54) is 0 Å². The highest BCUT2D eigenvalue weighted by molar-refractivity contribution is 6.31. The molecule has 0 bridgehead atoms. The molecule has 1 saturated heterocycles. The zero-order valence-electron chi connectivity index (χ0n) is 20.4. The normalized spacial score (nSPS) is 14.9. The number of rotatable bonds is 7. The van der Waals surface area contributed by atoms with Crippen molar-refractivity contribution in [3.63, 3.8) is 0 Å². The summed E-state index contributed by atoms with van der Waals surface area (Å²) in [5.74, 6) is 0.537. The fourth-order valence-corrected chi connectivity index (χ4v) is 4.75. The summed E-state index contributed by atoms with van der Waals surface area (Å²) in [6, 6.07) is 18.4. The van der Waals surface area contributed by atoms with Crippen LogP contribution in [0.1, 0.15) is 17.4 Å². The van der Waals surface area contributed by atoms with Crippen molar-refractivity contribution in [1.82, 2.24) is 30.0 Å². The van der Waals surface area contributed by atoms with E-state index in [9.17, 15) is 4.79 Å². The van der Waals surface area contributed by atoms with Gasteiger partial charge >= 0.3 is 0 Å². The molecule has 2 aromatic heterocycles. The van der Waals surface area contributed by atoms with Crippen LogP contribution in [0.4, 0.5) is 5.95 Å². The van der Waals surface area contributed by atoms with Crippen LogP contribution in [0.3, 0.4) is 0 Å². The molecule has 10 heteroatoms. The highest BCUT2D eigenvalue weighted by Crippen LogP contribution is 2.27. The number of carbonyl (C=O) groups excluding carboxylic acids is 1. The number of hydrogen-bond donors (Lipinski definition) is 1. The molecule has 4 aromatic rings. The molecular formula is C27H27Cl2N7O. The molecule has 3 heterocycles.